The number of aromatic amines is 1. The van der Waals surface area contributed by atoms with Crippen molar-refractivity contribution >= 4 is 0 Å². The van der Waals surface area contributed by atoms with Gasteiger partial charge < -0.3 is 4.74 Å². The molecule has 0 unspecified atom stereocenters. The molecular weight excluding hydrogens is 274 g/mol. The Bertz CT molecular complexity index is 682. The molecule has 0 aliphatic carbocycles. The van der Waals surface area contributed by atoms with Gasteiger partial charge in [0.2, 0.25) is 0 Å². The molecule has 1 aromatic rings. The zero-order valence-electron chi connectivity index (χ0n) is 12.4. The number of nitrogens with zero attached hydrogens (tertiary/aromatic N) is 4. The predicted molar refractivity (Wildman–Crippen MR) is 77.0 cm³/mol. The minimum Gasteiger partial charge on any atom is -0.351 e. The Morgan fingerprint density at radius 3 is 2.76 bits per heavy atom. The average molecular weight is 293 g/mol. The molecule has 0 radical (unpaired) electrons. The van der Waals surface area contributed by atoms with Crippen LogP contribution in [-0.4, -0.2) is 21.2 Å². The fourth-order valence-electron chi connectivity index (χ4n) is 2.88. The Labute approximate surface area is 121 Å². The monoisotopic (exact) mass is 293 g/mol. The number of aryl methyl sites for hydroxylation is 1. The molecule has 0 aromatic carbocycles. The summed E-state index contributed by atoms with van der Waals surface area (Å²) in [5.41, 5.74) is 7.67. The summed E-state index contributed by atoms with van der Waals surface area (Å²) in [6.45, 7) is 5.56. The number of aromatic nitrogens is 2. The first kappa shape index (κ1) is 15.3. The first-order chi connectivity index (χ1) is 9.97. The molecule has 2 atom stereocenters. The van der Waals surface area contributed by atoms with E-state index in [1.54, 1.807) is 6.92 Å². The van der Waals surface area contributed by atoms with Gasteiger partial charge >= 0.3 is 5.69 Å². The van der Waals surface area contributed by atoms with Crippen LogP contribution in [0.3, 0.4) is 0 Å². The van der Waals surface area contributed by atoms with Crippen LogP contribution in [0, 0.1) is 6.92 Å². The van der Waals surface area contributed by atoms with E-state index >= 15 is 0 Å². The lowest BCUT2D eigenvalue weighted by Gasteiger charge is -2.30. The van der Waals surface area contributed by atoms with E-state index in [0.717, 1.165) is 0 Å². The van der Waals surface area contributed by atoms with Crippen LogP contribution in [0.5, 0.6) is 0 Å². The minimum absolute atomic E-state index is 0.332. The molecule has 1 N–H and O–H groups in total. The first-order valence-electron chi connectivity index (χ1n) is 7.01. The SMILES string of the molecule is CCC1(CC)O[C@@H](n2cc(C)c(=O)[nH]c2=O)C[C@@H]1N=[N+]=[N-]. The maximum absolute atomic E-state index is 12.0. The average Bonchev–Trinajstić information content (AvgIpc) is 2.82. The summed E-state index contributed by atoms with van der Waals surface area (Å²) in [6, 6.07) is -0.332. The number of rotatable bonds is 4. The van der Waals surface area contributed by atoms with Gasteiger partial charge in [0.05, 0.1) is 11.6 Å². The number of ether oxygens (including phenoxy) is 1. The van der Waals surface area contributed by atoms with E-state index < -0.39 is 23.1 Å². The van der Waals surface area contributed by atoms with E-state index in [1.807, 2.05) is 13.8 Å². The summed E-state index contributed by atoms with van der Waals surface area (Å²) >= 11 is 0. The minimum atomic E-state index is -0.569. The maximum atomic E-state index is 12.0. The van der Waals surface area contributed by atoms with E-state index in [2.05, 4.69) is 15.0 Å². The van der Waals surface area contributed by atoms with Gasteiger partial charge in [-0.05, 0) is 25.3 Å². The van der Waals surface area contributed by atoms with Crippen molar-refractivity contribution in [1.82, 2.24) is 9.55 Å². The van der Waals surface area contributed by atoms with Crippen molar-refractivity contribution in [3.05, 3.63) is 43.0 Å². The van der Waals surface area contributed by atoms with Gasteiger partial charge in [-0.2, -0.15) is 0 Å². The van der Waals surface area contributed by atoms with Gasteiger partial charge in [0.25, 0.3) is 5.56 Å². The van der Waals surface area contributed by atoms with Crippen molar-refractivity contribution in [2.75, 3.05) is 0 Å². The Kier molecular flexibility index (Phi) is 4.20. The molecule has 0 bridgehead atoms. The van der Waals surface area contributed by atoms with Gasteiger partial charge in [0.15, 0.2) is 0 Å². The number of hydrogen-bond acceptors (Lipinski definition) is 4. The Balaban J connectivity index is 2.44. The number of nitrogens with one attached hydrogen (secondary N) is 1. The maximum Gasteiger partial charge on any atom is 0.330 e. The molecule has 1 fully saturated rings. The van der Waals surface area contributed by atoms with E-state index in [4.69, 9.17) is 10.3 Å². The Hall–Kier alpha value is -2.05. The molecule has 8 nitrogen and oxygen atoms in total. The molecule has 0 saturated carbocycles. The van der Waals surface area contributed by atoms with E-state index in [0.29, 0.717) is 24.8 Å². The Morgan fingerprint density at radius 2 is 2.19 bits per heavy atom. The molecular formula is C13H19N5O3. The summed E-state index contributed by atoms with van der Waals surface area (Å²) < 4.78 is 7.42. The normalized spacial score (nSPS) is 23.8. The molecule has 114 valence electrons. The smallest absolute Gasteiger partial charge is 0.330 e. The molecule has 1 aromatic heterocycles. The predicted octanol–water partition coefficient (Wildman–Crippen LogP) is 2.00. The van der Waals surface area contributed by atoms with Crippen molar-refractivity contribution in [3.8, 4) is 0 Å². The van der Waals surface area contributed by atoms with Gasteiger partial charge in [-0.25, -0.2) is 4.79 Å². The second-order valence-electron chi connectivity index (χ2n) is 5.28. The third kappa shape index (κ3) is 2.59. The molecule has 0 amide bonds. The van der Waals surface area contributed by atoms with Crippen molar-refractivity contribution in [2.45, 2.75) is 57.9 Å². The molecule has 1 aliphatic heterocycles. The van der Waals surface area contributed by atoms with Crippen molar-refractivity contribution in [1.29, 1.82) is 0 Å². The lowest BCUT2D eigenvalue weighted by molar-refractivity contribution is -0.0818. The fraction of sp³-hybridized carbons (Fsp3) is 0.692. The highest BCUT2D eigenvalue weighted by Gasteiger charge is 2.46. The third-order valence-electron chi connectivity index (χ3n) is 4.25. The van der Waals surface area contributed by atoms with Gasteiger partial charge in [0, 0.05) is 23.1 Å². The fourth-order valence-corrected chi connectivity index (χ4v) is 2.88. The quantitative estimate of drug-likeness (QED) is 0.520. The number of azide groups is 1. The van der Waals surface area contributed by atoms with Gasteiger partial charge in [-0.1, -0.05) is 19.0 Å². The second kappa shape index (κ2) is 5.75. The van der Waals surface area contributed by atoms with Crippen LogP contribution in [0.15, 0.2) is 20.9 Å². The lowest BCUT2D eigenvalue weighted by Crippen LogP contribution is -2.37. The van der Waals surface area contributed by atoms with Crippen molar-refractivity contribution in [2.24, 2.45) is 5.11 Å². The van der Waals surface area contributed by atoms with Crippen LogP contribution >= 0.6 is 0 Å². The van der Waals surface area contributed by atoms with Crippen LogP contribution in [-0.2, 0) is 4.74 Å². The lowest BCUT2D eigenvalue weighted by atomic mass is 9.89. The molecule has 1 aliphatic rings. The van der Waals surface area contributed by atoms with Gasteiger partial charge in [0.1, 0.15) is 6.23 Å². The van der Waals surface area contributed by atoms with Crippen LogP contribution in [0.4, 0.5) is 0 Å². The van der Waals surface area contributed by atoms with Crippen LogP contribution in [0.2, 0.25) is 0 Å². The topological polar surface area (TPSA) is 113 Å². The highest BCUT2D eigenvalue weighted by molar-refractivity contribution is 5.04. The van der Waals surface area contributed by atoms with Crippen LogP contribution in [0.25, 0.3) is 10.4 Å². The summed E-state index contributed by atoms with van der Waals surface area (Å²) in [6.07, 6.45) is 2.72. The molecule has 21 heavy (non-hydrogen) atoms. The van der Waals surface area contributed by atoms with E-state index in [1.165, 1.54) is 10.8 Å². The van der Waals surface area contributed by atoms with Crippen LogP contribution < -0.4 is 11.2 Å². The van der Waals surface area contributed by atoms with Crippen LogP contribution in [0.1, 0.15) is 44.9 Å². The largest absolute Gasteiger partial charge is 0.351 e. The van der Waals surface area contributed by atoms with E-state index in [-0.39, 0.29) is 6.04 Å². The number of hydrogen-bond donors (Lipinski definition) is 1. The standard InChI is InChI=1S/C13H19N5O3/c1-4-13(5-2)9(16-17-14)6-10(21-13)18-7-8(3)11(19)15-12(18)20/h7,9-10H,4-6H2,1-3H3,(H,15,19,20)/t9-,10+/m0/s1. The van der Waals surface area contributed by atoms with E-state index in [9.17, 15) is 9.59 Å². The third-order valence-corrected chi connectivity index (χ3v) is 4.25. The second-order valence-corrected chi connectivity index (χ2v) is 5.28. The van der Waals surface area contributed by atoms with Crippen molar-refractivity contribution < 1.29 is 4.74 Å². The zero-order chi connectivity index (χ0) is 15.6. The first-order valence-corrected chi connectivity index (χ1v) is 7.01. The summed E-state index contributed by atoms with van der Waals surface area (Å²) in [4.78, 5) is 28.5. The number of H-pyrrole nitrogens is 1. The molecule has 2 heterocycles. The molecule has 1 saturated heterocycles. The molecule has 2 rings (SSSR count). The summed E-state index contributed by atoms with van der Waals surface area (Å²) in [5, 5.41) is 3.83. The summed E-state index contributed by atoms with van der Waals surface area (Å²) in [5.74, 6) is 0. The van der Waals surface area contributed by atoms with Gasteiger partial charge in [-0.3, -0.25) is 14.3 Å². The highest BCUT2D eigenvalue weighted by atomic mass is 16.5. The Morgan fingerprint density at radius 1 is 1.52 bits per heavy atom. The highest BCUT2D eigenvalue weighted by Crippen LogP contribution is 2.42. The van der Waals surface area contributed by atoms with Gasteiger partial charge in [-0.15, -0.1) is 0 Å². The summed E-state index contributed by atoms with van der Waals surface area (Å²) in [7, 11) is 0. The molecule has 0 spiro atoms. The molecule has 8 heteroatoms. The van der Waals surface area contributed by atoms with Crippen molar-refractivity contribution in [3.63, 3.8) is 0 Å². The zero-order valence-corrected chi connectivity index (χ0v) is 12.4.